The van der Waals surface area contributed by atoms with Gasteiger partial charge in [-0.2, -0.15) is 0 Å². The van der Waals surface area contributed by atoms with E-state index in [4.69, 9.17) is 0 Å². The van der Waals surface area contributed by atoms with Crippen LogP contribution in [0.3, 0.4) is 0 Å². The molecule has 1 amide bonds. The lowest BCUT2D eigenvalue weighted by Gasteiger charge is -2.34. The zero-order valence-electron chi connectivity index (χ0n) is 21.1. The highest BCUT2D eigenvalue weighted by Gasteiger charge is 2.26. The Morgan fingerprint density at radius 2 is 1.89 bits per heavy atom. The molecule has 0 aliphatic carbocycles. The van der Waals surface area contributed by atoms with Crippen LogP contribution < -0.4 is 21.1 Å². The van der Waals surface area contributed by atoms with Gasteiger partial charge in [-0.15, -0.1) is 0 Å². The molecule has 3 heterocycles. The molecule has 0 spiro atoms. The van der Waals surface area contributed by atoms with Crippen molar-refractivity contribution in [3.63, 3.8) is 0 Å². The Kier molecular flexibility index (Phi) is 6.75. The summed E-state index contributed by atoms with van der Waals surface area (Å²) in [7, 11) is 6.24. The van der Waals surface area contributed by atoms with E-state index in [2.05, 4.69) is 62.5 Å². The Morgan fingerprint density at radius 1 is 1.08 bits per heavy atom. The first-order chi connectivity index (χ1) is 17.4. The van der Waals surface area contributed by atoms with Crippen molar-refractivity contribution >= 4 is 45.5 Å². The van der Waals surface area contributed by atoms with E-state index in [-0.39, 0.29) is 11.5 Å². The van der Waals surface area contributed by atoms with E-state index in [1.165, 1.54) is 0 Å². The number of amides is 1. The Bertz CT molecular complexity index is 1370. The highest BCUT2D eigenvalue weighted by molar-refractivity contribution is 6.34. The number of H-pyrrole nitrogens is 1. The van der Waals surface area contributed by atoms with E-state index in [1.807, 2.05) is 24.3 Å². The number of benzene rings is 2. The van der Waals surface area contributed by atoms with Crippen LogP contribution in [-0.4, -0.2) is 86.1 Å². The second-order valence-corrected chi connectivity index (χ2v) is 9.80. The molecule has 5 rings (SSSR count). The van der Waals surface area contributed by atoms with Crippen LogP contribution >= 0.6 is 0 Å². The number of aromatic nitrogens is 2. The molecule has 0 bridgehead atoms. The number of carbonyl (C=O) groups is 1. The lowest BCUT2D eigenvalue weighted by molar-refractivity contribution is -0.110. The van der Waals surface area contributed by atoms with E-state index in [9.17, 15) is 9.59 Å². The van der Waals surface area contributed by atoms with Gasteiger partial charge in [0.05, 0.1) is 22.2 Å². The molecule has 9 heteroatoms. The largest absolute Gasteiger partial charge is 0.385 e. The summed E-state index contributed by atoms with van der Waals surface area (Å²) in [6, 6.07) is 11.6. The quantitative estimate of drug-likeness (QED) is 0.348. The average Bonchev–Trinajstić information content (AvgIpc) is 3.16. The number of aromatic amines is 1. The molecule has 9 nitrogen and oxygen atoms in total. The third-order valence-corrected chi connectivity index (χ3v) is 6.77. The molecule has 2 aliphatic rings. The molecule has 0 saturated carbocycles. The molecular formula is C27H33N7O2. The van der Waals surface area contributed by atoms with E-state index >= 15 is 0 Å². The van der Waals surface area contributed by atoms with Crippen molar-refractivity contribution in [2.24, 2.45) is 0 Å². The van der Waals surface area contributed by atoms with Crippen molar-refractivity contribution < 1.29 is 4.79 Å². The predicted molar refractivity (Wildman–Crippen MR) is 147 cm³/mol. The zero-order chi connectivity index (χ0) is 25.2. The summed E-state index contributed by atoms with van der Waals surface area (Å²) >= 11 is 0. The minimum absolute atomic E-state index is 0.195. The third-order valence-electron chi connectivity index (χ3n) is 6.77. The Hall–Kier alpha value is -3.69. The molecule has 1 saturated heterocycles. The molecule has 188 valence electrons. The smallest absolute Gasteiger partial charge is 0.259 e. The highest BCUT2D eigenvalue weighted by Crippen LogP contribution is 2.36. The molecule has 0 unspecified atom stereocenters. The molecule has 0 atom stereocenters. The number of piperazine rings is 1. The summed E-state index contributed by atoms with van der Waals surface area (Å²) < 4.78 is 0. The SMILES string of the molecule is CN(C)CCCNc1ccc2c(=O)[nH]c(/C=C3\C(=O)Nc4cc(N5CCN(C)CC5)ccc43)nc2c1. The van der Waals surface area contributed by atoms with Crippen molar-refractivity contribution in [1.29, 1.82) is 0 Å². The van der Waals surface area contributed by atoms with Gasteiger partial charge in [-0.3, -0.25) is 9.59 Å². The molecule has 3 aromatic rings. The number of nitrogens with one attached hydrogen (secondary N) is 3. The van der Waals surface area contributed by atoms with Crippen molar-refractivity contribution in [3.05, 3.63) is 58.1 Å². The first-order valence-electron chi connectivity index (χ1n) is 12.4. The number of fused-ring (bicyclic) bond motifs is 2. The minimum atomic E-state index is -0.227. The second kappa shape index (κ2) is 10.1. The van der Waals surface area contributed by atoms with Gasteiger partial charge in [0.15, 0.2) is 0 Å². The Morgan fingerprint density at radius 3 is 2.67 bits per heavy atom. The van der Waals surface area contributed by atoms with Crippen LogP contribution in [0.4, 0.5) is 17.1 Å². The maximum atomic E-state index is 12.8. The summed E-state index contributed by atoms with van der Waals surface area (Å²) in [6.07, 6.45) is 2.67. The molecule has 1 aromatic heterocycles. The van der Waals surface area contributed by atoms with Crippen LogP contribution in [0.25, 0.3) is 22.6 Å². The van der Waals surface area contributed by atoms with Gasteiger partial charge >= 0.3 is 0 Å². The Balaban J connectivity index is 1.39. The number of hydrogen-bond donors (Lipinski definition) is 3. The van der Waals surface area contributed by atoms with Crippen molar-refractivity contribution in [2.45, 2.75) is 6.42 Å². The maximum Gasteiger partial charge on any atom is 0.259 e. The topological polar surface area (TPSA) is 96.6 Å². The van der Waals surface area contributed by atoms with Crippen LogP contribution in [0.5, 0.6) is 0 Å². The fourth-order valence-electron chi connectivity index (χ4n) is 4.69. The number of rotatable bonds is 7. The van der Waals surface area contributed by atoms with Crippen LogP contribution in [0, 0.1) is 0 Å². The number of carbonyl (C=O) groups excluding carboxylic acids is 1. The molecule has 0 radical (unpaired) electrons. The maximum absolute atomic E-state index is 12.8. The van der Waals surface area contributed by atoms with Crippen LogP contribution in [0.2, 0.25) is 0 Å². The first-order valence-corrected chi connectivity index (χ1v) is 12.4. The summed E-state index contributed by atoms with van der Waals surface area (Å²) in [5, 5.41) is 6.89. The van der Waals surface area contributed by atoms with E-state index in [0.29, 0.717) is 22.3 Å². The van der Waals surface area contributed by atoms with Gasteiger partial charge < -0.3 is 30.3 Å². The molecule has 3 N–H and O–H groups in total. The van der Waals surface area contributed by atoms with Gasteiger partial charge in [0.1, 0.15) is 5.82 Å². The van der Waals surface area contributed by atoms with Gasteiger partial charge in [-0.05, 0) is 70.5 Å². The summed E-state index contributed by atoms with van der Waals surface area (Å²) in [5.41, 5.74) is 4.48. The van der Waals surface area contributed by atoms with Crippen molar-refractivity contribution in [2.75, 3.05) is 75.9 Å². The second-order valence-electron chi connectivity index (χ2n) is 9.80. The van der Waals surface area contributed by atoms with Crippen LogP contribution in [0.15, 0.2) is 41.2 Å². The van der Waals surface area contributed by atoms with E-state index in [1.54, 1.807) is 12.1 Å². The average molecular weight is 488 g/mol. The number of nitrogens with zero attached hydrogens (tertiary/aromatic N) is 4. The third kappa shape index (κ3) is 5.12. The summed E-state index contributed by atoms with van der Waals surface area (Å²) in [5.74, 6) is 0.165. The van der Waals surface area contributed by atoms with Gasteiger partial charge in [-0.1, -0.05) is 6.07 Å². The van der Waals surface area contributed by atoms with Crippen LogP contribution in [0.1, 0.15) is 17.8 Å². The summed E-state index contributed by atoms with van der Waals surface area (Å²) in [6.45, 7) is 5.78. The molecule has 2 aliphatic heterocycles. The highest BCUT2D eigenvalue weighted by atomic mass is 16.2. The lowest BCUT2D eigenvalue weighted by atomic mass is 10.1. The fourth-order valence-corrected chi connectivity index (χ4v) is 4.69. The predicted octanol–water partition coefficient (Wildman–Crippen LogP) is 2.53. The summed E-state index contributed by atoms with van der Waals surface area (Å²) in [4.78, 5) is 39.8. The molecular weight excluding hydrogens is 454 g/mol. The normalized spacial score (nSPS) is 17.2. The van der Waals surface area contributed by atoms with Crippen molar-refractivity contribution in [3.8, 4) is 0 Å². The first kappa shape index (κ1) is 24.0. The number of likely N-dealkylation sites (N-methyl/N-ethyl adjacent to an activating group) is 1. The number of hydrogen-bond acceptors (Lipinski definition) is 7. The van der Waals surface area contributed by atoms with Gasteiger partial charge in [0.25, 0.3) is 11.5 Å². The van der Waals surface area contributed by atoms with Gasteiger partial charge in [0, 0.05) is 49.7 Å². The monoisotopic (exact) mass is 487 g/mol. The standard InChI is InChI=1S/C27H33N7O2/c1-32(2)10-4-9-28-18-5-7-21-23(15-18)29-25(31-26(21)35)17-22-20-8-6-19(16-24(20)30-27(22)36)34-13-11-33(3)12-14-34/h5-8,15-17,28H,4,9-14H2,1-3H3,(H,30,36)(H,29,31,35)/b22-17-. The number of anilines is 3. The lowest BCUT2D eigenvalue weighted by Crippen LogP contribution is -2.44. The van der Waals surface area contributed by atoms with E-state index in [0.717, 1.165) is 68.3 Å². The minimum Gasteiger partial charge on any atom is -0.385 e. The Labute approximate surface area is 210 Å². The molecule has 36 heavy (non-hydrogen) atoms. The van der Waals surface area contributed by atoms with Crippen molar-refractivity contribution in [1.82, 2.24) is 19.8 Å². The zero-order valence-corrected chi connectivity index (χ0v) is 21.1. The molecule has 2 aromatic carbocycles. The van der Waals surface area contributed by atoms with Crippen LogP contribution in [-0.2, 0) is 4.79 Å². The van der Waals surface area contributed by atoms with Gasteiger partial charge in [0.2, 0.25) is 0 Å². The van der Waals surface area contributed by atoms with Gasteiger partial charge in [-0.25, -0.2) is 4.98 Å². The van der Waals surface area contributed by atoms with E-state index < -0.39 is 0 Å². The molecule has 1 fully saturated rings. The fraction of sp³-hybridized carbons (Fsp3) is 0.370.